The highest BCUT2D eigenvalue weighted by molar-refractivity contribution is 7.10. The molecule has 2 rings (SSSR count). The Morgan fingerprint density at radius 2 is 2.33 bits per heavy atom. The molecule has 0 saturated carbocycles. The predicted molar refractivity (Wildman–Crippen MR) is 66.1 cm³/mol. The molecule has 15 heavy (non-hydrogen) atoms. The normalized spacial score (nSPS) is 26.7. The van der Waals surface area contributed by atoms with Gasteiger partial charge in [-0.1, -0.05) is 6.07 Å². The fourth-order valence-electron chi connectivity index (χ4n) is 2.26. The molecule has 2 unspecified atom stereocenters. The van der Waals surface area contributed by atoms with Gasteiger partial charge in [-0.05, 0) is 32.3 Å². The van der Waals surface area contributed by atoms with Crippen molar-refractivity contribution in [2.45, 2.75) is 19.0 Å². The van der Waals surface area contributed by atoms with Gasteiger partial charge in [0.25, 0.3) is 0 Å². The van der Waals surface area contributed by atoms with Crippen LogP contribution in [0.1, 0.15) is 17.8 Å². The first-order chi connectivity index (χ1) is 7.18. The second-order valence-electron chi connectivity index (χ2n) is 4.38. The Balaban J connectivity index is 2.04. The van der Waals surface area contributed by atoms with E-state index in [1.165, 1.54) is 4.88 Å². The van der Waals surface area contributed by atoms with Crippen LogP contribution in [0.3, 0.4) is 0 Å². The monoisotopic (exact) mass is 223 g/mol. The Morgan fingerprint density at radius 3 is 2.93 bits per heavy atom. The quantitative estimate of drug-likeness (QED) is 0.759. The van der Waals surface area contributed by atoms with Gasteiger partial charge < -0.3 is 4.90 Å². The molecule has 1 saturated heterocycles. The number of hydrogen-bond acceptors (Lipinski definition) is 3. The van der Waals surface area contributed by atoms with Crippen molar-refractivity contribution in [3.63, 3.8) is 0 Å². The van der Waals surface area contributed by atoms with Crippen LogP contribution in [0.15, 0.2) is 17.5 Å². The van der Waals surface area contributed by atoms with Crippen molar-refractivity contribution < 1.29 is 0 Å². The number of hydrogen-bond donors (Lipinski definition) is 0. The van der Waals surface area contributed by atoms with Crippen LogP contribution in [-0.4, -0.2) is 42.5 Å². The number of piperazine rings is 1. The number of likely N-dealkylation sites (N-methyl/N-ethyl adjacent to an activating group) is 1. The molecule has 0 bridgehead atoms. The lowest BCUT2D eigenvalue weighted by Crippen LogP contribution is -2.51. The van der Waals surface area contributed by atoms with Crippen molar-refractivity contribution in [3.8, 4) is 0 Å². The van der Waals surface area contributed by atoms with Crippen LogP contribution in [0.25, 0.3) is 0 Å². The zero-order valence-corrected chi connectivity index (χ0v) is 10.3. The van der Waals surface area contributed by atoms with Gasteiger partial charge in [-0.15, -0.1) is 11.3 Å². The highest BCUT2D eigenvalue weighted by Gasteiger charge is 2.26. The summed E-state index contributed by atoms with van der Waals surface area (Å²) in [5.41, 5.74) is 0. The van der Waals surface area contributed by atoms with E-state index in [1.54, 1.807) is 0 Å². The van der Waals surface area contributed by atoms with E-state index in [0.717, 1.165) is 19.6 Å². The van der Waals surface area contributed by atoms with Crippen molar-refractivity contribution in [1.82, 2.24) is 9.80 Å². The number of thiophene rings is 1. The molecular formula is C12H19N2S. The minimum Gasteiger partial charge on any atom is -0.304 e. The zero-order chi connectivity index (χ0) is 10.8. The molecule has 0 N–H and O–H groups in total. The van der Waals surface area contributed by atoms with E-state index >= 15 is 0 Å². The molecule has 3 heteroatoms. The van der Waals surface area contributed by atoms with Crippen LogP contribution in [0.2, 0.25) is 0 Å². The minimum absolute atomic E-state index is 0.328. The Kier molecular flexibility index (Phi) is 3.44. The molecule has 2 heterocycles. The predicted octanol–water partition coefficient (Wildman–Crippen LogP) is 2.26. The number of rotatable bonds is 2. The topological polar surface area (TPSA) is 6.48 Å². The van der Waals surface area contributed by atoms with E-state index in [4.69, 9.17) is 0 Å². The van der Waals surface area contributed by atoms with Gasteiger partial charge in [0.05, 0.1) is 0 Å². The van der Waals surface area contributed by atoms with E-state index < -0.39 is 0 Å². The van der Waals surface area contributed by atoms with Crippen LogP contribution < -0.4 is 0 Å². The molecule has 2 atom stereocenters. The fraction of sp³-hybridized carbons (Fsp3) is 0.583. The summed E-state index contributed by atoms with van der Waals surface area (Å²) in [6.45, 7) is 10.0. The molecule has 1 aliphatic heterocycles. The summed E-state index contributed by atoms with van der Waals surface area (Å²) in [5.74, 6) is 0. The molecule has 1 radical (unpaired) electrons. The highest BCUT2D eigenvalue weighted by Crippen LogP contribution is 2.27. The summed E-state index contributed by atoms with van der Waals surface area (Å²) in [7, 11) is 2.19. The summed E-state index contributed by atoms with van der Waals surface area (Å²) in [5, 5.41) is 2.13. The summed E-state index contributed by atoms with van der Waals surface area (Å²) >= 11 is 1.81. The summed E-state index contributed by atoms with van der Waals surface area (Å²) in [4.78, 5) is 6.28. The molecule has 0 spiro atoms. The summed E-state index contributed by atoms with van der Waals surface area (Å²) < 4.78 is 0. The molecule has 1 fully saturated rings. The Morgan fingerprint density at radius 1 is 1.53 bits per heavy atom. The lowest BCUT2D eigenvalue weighted by molar-refractivity contribution is 0.0774. The van der Waals surface area contributed by atoms with Crippen molar-refractivity contribution in [2.75, 3.05) is 26.7 Å². The first kappa shape index (κ1) is 11.1. The van der Waals surface area contributed by atoms with Gasteiger partial charge in [0.2, 0.25) is 0 Å². The number of nitrogens with zero attached hydrogens (tertiary/aromatic N) is 2. The van der Waals surface area contributed by atoms with Gasteiger partial charge in [0.1, 0.15) is 0 Å². The van der Waals surface area contributed by atoms with Crippen molar-refractivity contribution in [3.05, 3.63) is 29.3 Å². The summed E-state index contributed by atoms with van der Waals surface area (Å²) in [6, 6.07) is 5.23. The molecule has 83 valence electrons. The van der Waals surface area contributed by atoms with Crippen molar-refractivity contribution in [2.24, 2.45) is 0 Å². The Labute approximate surface area is 96.5 Å². The second-order valence-corrected chi connectivity index (χ2v) is 5.36. The van der Waals surface area contributed by atoms with Crippen LogP contribution >= 0.6 is 11.3 Å². The van der Waals surface area contributed by atoms with Crippen LogP contribution in [0, 0.1) is 6.92 Å². The molecule has 1 aromatic heterocycles. The van der Waals surface area contributed by atoms with Gasteiger partial charge in [-0.25, -0.2) is 0 Å². The molecule has 0 aromatic carbocycles. The van der Waals surface area contributed by atoms with Gasteiger partial charge >= 0.3 is 0 Å². The molecule has 2 nitrogen and oxygen atoms in total. The Bertz CT molecular complexity index is 297. The second kappa shape index (κ2) is 4.64. The molecular weight excluding hydrogens is 204 g/mol. The van der Waals surface area contributed by atoms with Gasteiger partial charge in [-0.2, -0.15) is 0 Å². The lowest BCUT2D eigenvalue weighted by atomic mass is 10.1. The minimum atomic E-state index is 0.328. The SMILES string of the molecule is [CH2]C(c1cccs1)N1CCN(C)CC1C. The van der Waals surface area contributed by atoms with E-state index in [0.29, 0.717) is 12.1 Å². The third kappa shape index (κ3) is 2.41. The van der Waals surface area contributed by atoms with Crippen LogP contribution in [-0.2, 0) is 0 Å². The molecule has 1 aliphatic rings. The van der Waals surface area contributed by atoms with E-state index in [9.17, 15) is 0 Å². The molecule has 1 aromatic rings. The standard InChI is InChI=1S/C12H19N2S/c1-10-9-13(3)6-7-14(10)11(2)12-5-4-8-15-12/h4-5,8,10-11H,2,6-7,9H2,1,3H3. The fourth-order valence-corrected chi connectivity index (χ4v) is 3.02. The molecule has 0 aliphatic carbocycles. The van der Waals surface area contributed by atoms with Gasteiger partial charge in [0.15, 0.2) is 0 Å². The average molecular weight is 223 g/mol. The maximum Gasteiger partial charge on any atom is 0.0446 e. The van der Waals surface area contributed by atoms with Gasteiger partial charge in [-0.3, -0.25) is 4.90 Å². The average Bonchev–Trinajstić information content (AvgIpc) is 2.69. The van der Waals surface area contributed by atoms with Gasteiger partial charge in [0, 0.05) is 36.6 Å². The first-order valence-electron chi connectivity index (χ1n) is 5.49. The van der Waals surface area contributed by atoms with Crippen molar-refractivity contribution >= 4 is 11.3 Å². The molecule has 0 amide bonds. The highest BCUT2D eigenvalue weighted by atomic mass is 32.1. The third-order valence-corrected chi connectivity index (χ3v) is 4.13. The zero-order valence-electron chi connectivity index (χ0n) is 9.52. The Hall–Kier alpha value is -0.380. The smallest absolute Gasteiger partial charge is 0.0446 e. The van der Waals surface area contributed by atoms with Crippen molar-refractivity contribution in [1.29, 1.82) is 0 Å². The maximum absolute atomic E-state index is 4.30. The van der Waals surface area contributed by atoms with Crippen LogP contribution in [0.4, 0.5) is 0 Å². The van der Waals surface area contributed by atoms with E-state index in [-0.39, 0.29) is 0 Å². The third-order valence-electron chi connectivity index (χ3n) is 3.15. The lowest BCUT2D eigenvalue weighted by Gasteiger charge is -2.41. The van der Waals surface area contributed by atoms with E-state index in [2.05, 4.69) is 48.2 Å². The maximum atomic E-state index is 4.30. The largest absolute Gasteiger partial charge is 0.304 e. The summed E-state index contributed by atoms with van der Waals surface area (Å²) in [6.07, 6.45) is 0. The first-order valence-corrected chi connectivity index (χ1v) is 6.37. The van der Waals surface area contributed by atoms with Crippen LogP contribution in [0.5, 0.6) is 0 Å². The van der Waals surface area contributed by atoms with E-state index in [1.807, 2.05) is 11.3 Å².